The summed E-state index contributed by atoms with van der Waals surface area (Å²) in [5.74, 6) is -3.33. The largest absolute Gasteiger partial charge is 0.413 e. The Morgan fingerprint density at radius 1 is 1.47 bits per heavy atom. The van der Waals surface area contributed by atoms with Gasteiger partial charge < -0.3 is 29.9 Å². The van der Waals surface area contributed by atoms with Gasteiger partial charge in [-0.25, -0.2) is 4.79 Å². The molecule has 1 aliphatic heterocycles. The second-order valence-electron chi connectivity index (χ2n) is 3.61. The molecule has 1 saturated heterocycles. The Morgan fingerprint density at radius 3 is 2.53 bits per heavy atom. The summed E-state index contributed by atoms with van der Waals surface area (Å²) in [5, 5.41) is 37.4. The van der Waals surface area contributed by atoms with Crippen LogP contribution in [0.5, 0.6) is 0 Å². The van der Waals surface area contributed by atoms with E-state index in [2.05, 4.69) is 11.3 Å². The summed E-state index contributed by atoms with van der Waals surface area (Å²) in [6, 6.07) is 0. The molecule has 0 spiro atoms. The molecular weight excluding hydrogens is 234 g/mol. The van der Waals surface area contributed by atoms with Gasteiger partial charge in [0.2, 0.25) is 0 Å². The highest BCUT2D eigenvalue weighted by Crippen LogP contribution is 2.27. The Morgan fingerprint density at radius 2 is 2.06 bits per heavy atom. The number of aliphatic hydroxyl groups excluding tert-OH is 4. The molecule has 0 aliphatic carbocycles. The van der Waals surface area contributed by atoms with Gasteiger partial charge in [-0.15, -0.1) is 0 Å². The van der Waals surface area contributed by atoms with Crippen molar-refractivity contribution >= 4 is 5.97 Å². The third kappa shape index (κ3) is 2.63. The fraction of sp³-hybridized carbons (Fsp3) is 0.667. The van der Waals surface area contributed by atoms with E-state index in [0.717, 1.165) is 6.08 Å². The quantitative estimate of drug-likeness (QED) is 0.200. The number of esters is 1. The minimum Gasteiger partial charge on any atom is -0.413 e. The van der Waals surface area contributed by atoms with Gasteiger partial charge in [0.1, 0.15) is 18.3 Å². The highest BCUT2D eigenvalue weighted by Gasteiger charge is 2.54. The lowest BCUT2D eigenvalue weighted by molar-refractivity contribution is -0.348. The number of carbonyl (C=O) groups is 1. The normalized spacial score (nSPS) is 41.9. The van der Waals surface area contributed by atoms with Crippen molar-refractivity contribution in [2.45, 2.75) is 30.3 Å². The van der Waals surface area contributed by atoms with Crippen molar-refractivity contribution in [3.05, 3.63) is 12.7 Å². The first-order valence-corrected chi connectivity index (χ1v) is 4.83. The number of rotatable bonds is 3. The van der Waals surface area contributed by atoms with Gasteiger partial charge in [-0.3, -0.25) is 5.73 Å². The van der Waals surface area contributed by atoms with Gasteiger partial charge in [0.05, 0.1) is 6.61 Å². The van der Waals surface area contributed by atoms with Crippen LogP contribution in [0.3, 0.4) is 0 Å². The molecule has 0 saturated carbocycles. The molecule has 0 bridgehead atoms. The molecule has 0 aromatic carbocycles. The first kappa shape index (κ1) is 14.0. The van der Waals surface area contributed by atoms with Gasteiger partial charge >= 0.3 is 11.9 Å². The number of nitrogens with two attached hydrogens (primary N) is 1. The fourth-order valence-corrected chi connectivity index (χ4v) is 1.45. The molecule has 0 amide bonds. The summed E-state index contributed by atoms with van der Waals surface area (Å²) in [7, 11) is 0. The molecule has 0 aromatic rings. The molecule has 17 heavy (non-hydrogen) atoms. The van der Waals surface area contributed by atoms with E-state index in [-0.39, 0.29) is 0 Å². The van der Waals surface area contributed by atoms with Crippen molar-refractivity contribution in [2.24, 2.45) is 5.73 Å². The molecule has 5 atom stereocenters. The second kappa shape index (κ2) is 5.08. The van der Waals surface area contributed by atoms with Crippen molar-refractivity contribution in [2.75, 3.05) is 6.61 Å². The molecule has 0 aromatic heterocycles. The van der Waals surface area contributed by atoms with Gasteiger partial charge in [-0.2, -0.15) is 0 Å². The van der Waals surface area contributed by atoms with Gasteiger partial charge in [-0.1, -0.05) is 6.58 Å². The average Bonchev–Trinajstić information content (AvgIpc) is 2.31. The topological polar surface area (TPSA) is 142 Å². The molecule has 1 rings (SSSR count). The molecule has 1 unspecified atom stereocenters. The van der Waals surface area contributed by atoms with Crippen molar-refractivity contribution < 1.29 is 34.7 Å². The lowest BCUT2D eigenvalue weighted by Gasteiger charge is -2.44. The summed E-state index contributed by atoms with van der Waals surface area (Å²) >= 11 is 0. The van der Waals surface area contributed by atoms with E-state index in [9.17, 15) is 20.1 Å². The second-order valence-corrected chi connectivity index (χ2v) is 3.61. The Hall–Kier alpha value is -1.03. The zero-order chi connectivity index (χ0) is 13.2. The summed E-state index contributed by atoms with van der Waals surface area (Å²) in [4.78, 5) is 11.0. The minimum atomic E-state index is -2.35. The third-order valence-electron chi connectivity index (χ3n) is 2.41. The van der Waals surface area contributed by atoms with E-state index in [4.69, 9.17) is 15.6 Å². The van der Waals surface area contributed by atoms with Crippen LogP contribution in [0, 0.1) is 0 Å². The van der Waals surface area contributed by atoms with Crippen LogP contribution in [0.4, 0.5) is 0 Å². The van der Waals surface area contributed by atoms with E-state index in [0.29, 0.717) is 0 Å². The lowest BCUT2D eigenvalue weighted by Crippen LogP contribution is -2.70. The molecule has 6 N–H and O–H groups in total. The van der Waals surface area contributed by atoms with Crippen LogP contribution in [0.1, 0.15) is 0 Å². The predicted molar refractivity (Wildman–Crippen MR) is 53.2 cm³/mol. The zero-order valence-electron chi connectivity index (χ0n) is 8.89. The lowest BCUT2D eigenvalue weighted by atomic mass is 9.97. The van der Waals surface area contributed by atoms with Gasteiger partial charge in [0.25, 0.3) is 0 Å². The fourth-order valence-electron chi connectivity index (χ4n) is 1.45. The first-order valence-electron chi connectivity index (χ1n) is 4.83. The van der Waals surface area contributed by atoms with Crippen molar-refractivity contribution in [1.29, 1.82) is 0 Å². The number of carbonyl (C=O) groups excluding carboxylic acids is 1. The molecule has 8 nitrogen and oxygen atoms in total. The molecule has 1 heterocycles. The monoisotopic (exact) mass is 249 g/mol. The summed E-state index contributed by atoms with van der Waals surface area (Å²) < 4.78 is 9.42. The molecule has 0 radical (unpaired) electrons. The van der Waals surface area contributed by atoms with Crippen molar-refractivity contribution in [1.82, 2.24) is 0 Å². The Bertz CT molecular complexity index is 308. The Balaban J connectivity index is 2.90. The summed E-state index contributed by atoms with van der Waals surface area (Å²) in [6.07, 6.45) is -5.62. The maximum Gasteiger partial charge on any atom is 0.333 e. The van der Waals surface area contributed by atoms with E-state index >= 15 is 0 Å². The molecule has 8 heteroatoms. The number of hydrogen-bond donors (Lipinski definition) is 5. The molecular formula is C9H15NO7. The maximum atomic E-state index is 11.0. The van der Waals surface area contributed by atoms with Gasteiger partial charge in [-0.05, 0) is 0 Å². The predicted octanol–water partition coefficient (Wildman–Crippen LogP) is -3.20. The van der Waals surface area contributed by atoms with E-state index in [1.165, 1.54) is 0 Å². The average molecular weight is 249 g/mol. The zero-order valence-corrected chi connectivity index (χ0v) is 8.89. The minimum absolute atomic E-state index is 0.671. The van der Waals surface area contributed by atoms with Crippen LogP contribution in [0.25, 0.3) is 0 Å². The number of hydrogen-bond acceptors (Lipinski definition) is 8. The van der Waals surface area contributed by atoms with E-state index in [1.54, 1.807) is 0 Å². The summed E-state index contributed by atoms with van der Waals surface area (Å²) in [5.41, 5.74) is 5.45. The van der Waals surface area contributed by atoms with Gasteiger partial charge in [0.15, 0.2) is 6.10 Å². The van der Waals surface area contributed by atoms with E-state index in [1.807, 2.05) is 0 Å². The van der Waals surface area contributed by atoms with Crippen LogP contribution in [0.15, 0.2) is 12.7 Å². The van der Waals surface area contributed by atoms with Crippen LogP contribution in [-0.2, 0) is 14.3 Å². The highest BCUT2D eigenvalue weighted by molar-refractivity contribution is 5.81. The van der Waals surface area contributed by atoms with Crippen LogP contribution in [-0.4, -0.2) is 63.3 Å². The first-order chi connectivity index (χ1) is 7.85. The van der Waals surface area contributed by atoms with Crippen LogP contribution < -0.4 is 5.73 Å². The SMILES string of the molecule is C=CC(=O)OC1(N)O[C@H](CO)[C@@H](O)[C@H](O)[C@H]1O. The van der Waals surface area contributed by atoms with E-state index < -0.39 is 42.9 Å². The van der Waals surface area contributed by atoms with Crippen LogP contribution >= 0.6 is 0 Å². The third-order valence-corrected chi connectivity index (χ3v) is 2.41. The molecule has 1 aliphatic rings. The van der Waals surface area contributed by atoms with Crippen molar-refractivity contribution in [3.8, 4) is 0 Å². The highest BCUT2D eigenvalue weighted by atomic mass is 16.8. The smallest absolute Gasteiger partial charge is 0.333 e. The van der Waals surface area contributed by atoms with Crippen LogP contribution in [0.2, 0.25) is 0 Å². The molecule has 1 fully saturated rings. The van der Waals surface area contributed by atoms with Crippen molar-refractivity contribution in [3.63, 3.8) is 0 Å². The Kier molecular flexibility index (Phi) is 4.20. The maximum absolute atomic E-state index is 11.0. The standard InChI is InChI=1S/C9H15NO7/c1-2-5(12)17-9(10)8(15)7(14)6(13)4(3-11)16-9/h2,4,6-8,11,13-15H,1,3,10H2/t4-,6-,7+,8-,9?/m1/s1. The van der Waals surface area contributed by atoms with Gasteiger partial charge in [0, 0.05) is 6.08 Å². The Labute approximate surface area is 96.9 Å². The summed E-state index contributed by atoms with van der Waals surface area (Å²) in [6.45, 7) is 2.46. The molecule has 98 valence electrons. The number of ether oxygens (including phenoxy) is 2. The number of aliphatic hydroxyl groups is 4.